The number of ether oxygens (including phenoxy) is 2. The molecule has 1 saturated heterocycles. The SMILES string of the molecule is CCOc1ccccc1CNC(=O)c1cc(S(=O)(=O)N2CCCCCC2)ccc1OC. The number of hydrogen-bond acceptors (Lipinski definition) is 5. The molecule has 168 valence electrons. The highest BCUT2D eigenvalue weighted by molar-refractivity contribution is 7.89. The van der Waals surface area contributed by atoms with Crippen LogP contribution in [0.25, 0.3) is 0 Å². The summed E-state index contributed by atoms with van der Waals surface area (Å²) in [5, 5.41) is 2.85. The summed E-state index contributed by atoms with van der Waals surface area (Å²) in [7, 11) is -2.21. The topological polar surface area (TPSA) is 84.9 Å². The summed E-state index contributed by atoms with van der Waals surface area (Å²) < 4.78 is 38.7. The van der Waals surface area contributed by atoms with E-state index < -0.39 is 15.9 Å². The zero-order chi connectivity index (χ0) is 22.3. The van der Waals surface area contributed by atoms with E-state index in [9.17, 15) is 13.2 Å². The van der Waals surface area contributed by atoms with E-state index in [1.54, 1.807) is 0 Å². The van der Waals surface area contributed by atoms with Gasteiger partial charge in [-0.3, -0.25) is 4.79 Å². The van der Waals surface area contributed by atoms with Crippen LogP contribution in [0.3, 0.4) is 0 Å². The third kappa shape index (κ3) is 5.57. The maximum Gasteiger partial charge on any atom is 0.255 e. The summed E-state index contributed by atoms with van der Waals surface area (Å²) in [6.07, 6.45) is 3.76. The molecule has 0 radical (unpaired) electrons. The van der Waals surface area contributed by atoms with Crippen LogP contribution in [0.1, 0.15) is 48.5 Å². The van der Waals surface area contributed by atoms with Gasteiger partial charge < -0.3 is 14.8 Å². The van der Waals surface area contributed by atoms with Gasteiger partial charge in [-0.1, -0.05) is 31.0 Å². The Labute approximate surface area is 184 Å². The molecular formula is C23H30N2O5S. The average molecular weight is 447 g/mol. The van der Waals surface area contributed by atoms with E-state index in [1.807, 2.05) is 31.2 Å². The van der Waals surface area contributed by atoms with Gasteiger partial charge in [0.2, 0.25) is 10.0 Å². The Kier molecular flexibility index (Phi) is 7.92. The second-order valence-corrected chi connectivity index (χ2v) is 9.34. The average Bonchev–Trinajstić information content (AvgIpc) is 3.08. The predicted molar refractivity (Wildman–Crippen MR) is 119 cm³/mol. The lowest BCUT2D eigenvalue weighted by Crippen LogP contribution is -2.32. The molecular weight excluding hydrogens is 416 g/mol. The van der Waals surface area contributed by atoms with Crippen molar-refractivity contribution in [3.63, 3.8) is 0 Å². The minimum absolute atomic E-state index is 0.107. The van der Waals surface area contributed by atoms with Crippen LogP contribution in [0.15, 0.2) is 47.4 Å². The smallest absolute Gasteiger partial charge is 0.255 e. The van der Waals surface area contributed by atoms with Crippen molar-refractivity contribution >= 4 is 15.9 Å². The summed E-state index contributed by atoms with van der Waals surface area (Å²) in [6.45, 7) is 3.68. The molecule has 1 aliphatic heterocycles. The Hall–Kier alpha value is -2.58. The molecule has 1 aliphatic rings. The van der Waals surface area contributed by atoms with Crippen LogP contribution in [0.5, 0.6) is 11.5 Å². The van der Waals surface area contributed by atoms with Crippen LogP contribution < -0.4 is 14.8 Å². The quantitative estimate of drug-likeness (QED) is 0.670. The number of carbonyl (C=O) groups is 1. The Morgan fingerprint density at radius 2 is 1.74 bits per heavy atom. The van der Waals surface area contributed by atoms with Crippen molar-refractivity contribution in [3.05, 3.63) is 53.6 Å². The highest BCUT2D eigenvalue weighted by Crippen LogP contribution is 2.26. The van der Waals surface area contributed by atoms with Crippen molar-refractivity contribution in [3.8, 4) is 11.5 Å². The van der Waals surface area contributed by atoms with Gasteiger partial charge in [0.1, 0.15) is 11.5 Å². The van der Waals surface area contributed by atoms with Crippen LogP contribution in [0.2, 0.25) is 0 Å². The molecule has 3 rings (SSSR count). The van der Waals surface area contributed by atoms with Crippen molar-refractivity contribution in [1.82, 2.24) is 9.62 Å². The molecule has 0 bridgehead atoms. The third-order valence-electron chi connectivity index (χ3n) is 5.33. The lowest BCUT2D eigenvalue weighted by atomic mass is 10.1. The molecule has 1 amide bonds. The molecule has 0 aliphatic carbocycles. The van der Waals surface area contributed by atoms with E-state index in [-0.39, 0.29) is 17.0 Å². The Balaban J connectivity index is 1.82. The summed E-state index contributed by atoms with van der Waals surface area (Å²) in [6, 6.07) is 11.9. The Morgan fingerprint density at radius 1 is 1.03 bits per heavy atom. The summed E-state index contributed by atoms with van der Waals surface area (Å²) in [4.78, 5) is 13.0. The molecule has 1 fully saturated rings. The van der Waals surface area contributed by atoms with Crippen LogP contribution in [-0.4, -0.2) is 45.4 Å². The van der Waals surface area contributed by atoms with Crippen molar-refractivity contribution in [2.45, 2.75) is 44.0 Å². The van der Waals surface area contributed by atoms with Crippen molar-refractivity contribution in [1.29, 1.82) is 0 Å². The molecule has 8 heteroatoms. The fourth-order valence-corrected chi connectivity index (χ4v) is 5.22. The first-order valence-corrected chi connectivity index (χ1v) is 12.1. The molecule has 31 heavy (non-hydrogen) atoms. The molecule has 0 unspecified atom stereocenters. The number of nitrogens with zero attached hydrogens (tertiary/aromatic N) is 1. The van der Waals surface area contributed by atoms with Crippen LogP contribution in [0.4, 0.5) is 0 Å². The number of methoxy groups -OCH3 is 1. The number of para-hydroxylation sites is 1. The molecule has 0 saturated carbocycles. The molecule has 1 heterocycles. The Bertz CT molecular complexity index is 999. The normalized spacial score (nSPS) is 15.2. The first kappa shape index (κ1) is 23.1. The van der Waals surface area contributed by atoms with Crippen molar-refractivity contribution < 1.29 is 22.7 Å². The van der Waals surface area contributed by atoms with Crippen molar-refractivity contribution in [2.75, 3.05) is 26.8 Å². The molecule has 1 N–H and O–H groups in total. The molecule has 0 spiro atoms. The van der Waals surface area contributed by atoms with E-state index in [4.69, 9.17) is 9.47 Å². The maximum absolute atomic E-state index is 13.1. The number of nitrogens with one attached hydrogen (secondary N) is 1. The zero-order valence-corrected chi connectivity index (χ0v) is 18.9. The minimum atomic E-state index is -3.67. The van der Waals surface area contributed by atoms with E-state index in [0.29, 0.717) is 31.2 Å². The standard InChI is InChI=1S/C23H30N2O5S/c1-3-30-21-11-7-6-10-18(21)17-24-23(26)20-16-19(12-13-22(20)29-2)31(27,28)25-14-8-4-5-9-15-25/h6-7,10-13,16H,3-5,8-9,14-15,17H2,1-2H3,(H,24,26). The fraction of sp³-hybridized carbons (Fsp3) is 0.435. The second kappa shape index (κ2) is 10.6. The highest BCUT2D eigenvalue weighted by Gasteiger charge is 2.27. The monoisotopic (exact) mass is 446 g/mol. The third-order valence-corrected chi connectivity index (χ3v) is 7.22. The first-order valence-electron chi connectivity index (χ1n) is 10.6. The van der Waals surface area contributed by atoms with Gasteiger partial charge in [0.25, 0.3) is 5.91 Å². The number of rotatable bonds is 8. The van der Waals surface area contributed by atoms with Gasteiger partial charge in [-0.25, -0.2) is 8.42 Å². The van der Waals surface area contributed by atoms with Gasteiger partial charge in [0.05, 0.1) is 24.2 Å². The van der Waals surface area contributed by atoms with Gasteiger partial charge in [-0.15, -0.1) is 0 Å². The van der Waals surface area contributed by atoms with E-state index in [2.05, 4.69) is 5.32 Å². The van der Waals surface area contributed by atoms with Gasteiger partial charge in [0.15, 0.2) is 0 Å². The van der Waals surface area contributed by atoms with E-state index >= 15 is 0 Å². The number of carbonyl (C=O) groups excluding carboxylic acids is 1. The lowest BCUT2D eigenvalue weighted by Gasteiger charge is -2.20. The van der Waals surface area contributed by atoms with Gasteiger partial charge in [0, 0.05) is 25.2 Å². The molecule has 2 aromatic rings. The molecule has 7 nitrogen and oxygen atoms in total. The number of amides is 1. The fourth-order valence-electron chi connectivity index (χ4n) is 3.67. The minimum Gasteiger partial charge on any atom is -0.496 e. The lowest BCUT2D eigenvalue weighted by molar-refractivity contribution is 0.0947. The molecule has 0 aromatic heterocycles. The van der Waals surface area contributed by atoms with Crippen molar-refractivity contribution in [2.24, 2.45) is 0 Å². The van der Waals surface area contributed by atoms with Crippen LogP contribution in [0, 0.1) is 0 Å². The van der Waals surface area contributed by atoms with Gasteiger partial charge in [-0.2, -0.15) is 4.31 Å². The van der Waals surface area contributed by atoms with Gasteiger partial charge in [-0.05, 0) is 44.0 Å². The summed E-state index contributed by atoms with van der Waals surface area (Å²) in [5.74, 6) is 0.622. The Morgan fingerprint density at radius 3 is 2.42 bits per heavy atom. The summed E-state index contributed by atoms with van der Waals surface area (Å²) >= 11 is 0. The first-order chi connectivity index (χ1) is 15.0. The van der Waals surface area contributed by atoms with Crippen LogP contribution >= 0.6 is 0 Å². The van der Waals surface area contributed by atoms with E-state index in [1.165, 1.54) is 29.6 Å². The van der Waals surface area contributed by atoms with Gasteiger partial charge >= 0.3 is 0 Å². The number of sulfonamides is 1. The maximum atomic E-state index is 13.1. The summed E-state index contributed by atoms with van der Waals surface area (Å²) in [5.41, 5.74) is 1.03. The largest absolute Gasteiger partial charge is 0.496 e. The molecule has 0 atom stereocenters. The van der Waals surface area contributed by atoms with E-state index in [0.717, 1.165) is 31.2 Å². The zero-order valence-electron chi connectivity index (χ0n) is 18.1. The van der Waals surface area contributed by atoms with Crippen LogP contribution in [-0.2, 0) is 16.6 Å². The number of benzene rings is 2. The second-order valence-electron chi connectivity index (χ2n) is 7.40. The predicted octanol–water partition coefficient (Wildman–Crippen LogP) is 3.59. The highest BCUT2D eigenvalue weighted by atomic mass is 32.2. The molecule has 2 aromatic carbocycles. The number of hydrogen-bond donors (Lipinski definition) is 1.